The van der Waals surface area contributed by atoms with Crippen LogP contribution in [0.4, 0.5) is 4.79 Å². The maximum Gasteiger partial charge on any atom is 0.325 e. The zero-order valence-electron chi connectivity index (χ0n) is 12.3. The predicted molar refractivity (Wildman–Crippen MR) is 73.7 cm³/mol. The maximum absolute atomic E-state index is 12.4. The number of carboxylic acids is 1. The van der Waals surface area contributed by atoms with E-state index < -0.39 is 17.5 Å². The van der Waals surface area contributed by atoms with Crippen molar-refractivity contribution in [3.05, 3.63) is 0 Å². The summed E-state index contributed by atoms with van der Waals surface area (Å²) in [5, 5.41) is 11.8. The molecule has 0 aliphatic heterocycles. The summed E-state index contributed by atoms with van der Waals surface area (Å²) >= 11 is 0. The number of aliphatic carboxylic acids is 1. The van der Waals surface area contributed by atoms with Crippen molar-refractivity contribution in [2.24, 2.45) is 0 Å². The number of carbonyl (C=O) groups excluding carboxylic acids is 2. The number of nitrogens with one attached hydrogen (secondary N) is 1. The molecule has 21 heavy (non-hydrogen) atoms. The third-order valence-corrected chi connectivity index (χ3v) is 4.03. The highest BCUT2D eigenvalue weighted by Crippen LogP contribution is 2.36. The molecule has 0 atom stereocenters. The van der Waals surface area contributed by atoms with Gasteiger partial charge in [0.1, 0.15) is 6.54 Å². The number of carbonyl (C=O) groups is 3. The molecular formula is C14H22N2O5. The van der Waals surface area contributed by atoms with Gasteiger partial charge in [-0.1, -0.05) is 0 Å². The van der Waals surface area contributed by atoms with E-state index in [1.807, 2.05) is 0 Å². The van der Waals surface area contributed by atoms with Gasteiger partial charge in [-0.15, -0.1) is 0 Å². The molecule has 7 heteroatoms. The molecule has 2 rings (SSSR count). The Balaban J connectivity index is 1.95. The molecule has 0 spiro atoms. The fourth-order valence-corrected chi connectivity index (χ4v) is 2.64. The van der Waals surface area contributed by atoms with Crippen LogP contribution < -0.4 is 5.32 Å². The summed E-state index contributed by atoms with van der Waals surface area (Å²) in [6.45, 7) is 1.92. The third kappa shape index (κ3) is 4.09. The highest BCUT2D eigenvalue weighted by Gasteiger charge is 2.43. The minimum Gasteiger partial charge on any atom is -0.481 e. The van der Waals surface area contributed by atoms with Crippen LogP contribution in [0.15, 0.2) is 0 Å². The van der Waals surface area contributed by atoms with Crippen LogP contribution in [0, 0.1) is 0 Å². The fraction of sp³-hybridized carbons (Fsp3) is 0.786. The van der Waals surface area contributed by atoms with E-state index in [9.17, 15) is 14.4 Å². The number of hydrogen-bond acceptors (Lipinski definition) is 4. The third-order valence-electron chi connectivity index (χ3n) is 4.03. The Morgan fingerprint density at radius 3 is 2.43 bits per heavy atom. The Labute approximate surface area is 123 Å². The normalized spacial score (nSPS) is 19.3. The molecule has 7 nitrogen and oxygen atoms in total. The molecule has 2 aliphatic carbocycles. The van der Waals surface area contributed by atoms with Crippen molar-refractivity contribution in [2.45, 2.75) is 57.0 Å². The molecule has 0 unspecified atom stereocenters. The first kappa shape index (κ1) is 15.6. The topological polar surface area (TPSA) is 95.9 Å². The number of urea groups is 1. The molecule has 118 valence electrons. The SMILES string of the molecule is CCOC(=O)CN(C(=O)NC1(CC(=O)O)CCC1)C1CC1. The molecule has 2 saturated carbocycles. The average molecular weight is 298 g/mol. The first-order valence-electron chi connectivity index (χ1n) is 7.42. The highest BCUT2D eigenvalue weighted by atomic mass is 16.5. The summed E-state index contributed by atoms with van der Waals surface area (Å²) in [6, 6.07) is -0.289. The quantitative estimate of drug-likeness (QED) is 0.687. The van der Waals surface area contributed by atoms with Crippen molar-refractivity contribution in [1.29, 1.82) is 0 Å². The minimum atomic E-state index is -0.918. The summed E-state index contributed by atoms with van der Waals surface area (Å²) < 4.78 is 4.88. The first-order valence-corrected chi connectivity index (χ1v) is 7.42. The van der Waals surface area contributed by atoms with Crippen LogP contribution in [-0.2, 0) is 14.3 Å². The molecule has 2 aliphatic rings. The summed E-state index contributed by atoms with van der Waals surface area (Å²) in [4.78, 5) is 36.3. The second-order valence-electron chi connectivity index (χ2n) is 5.80. The smallest absolute Gasteiger partial charge is 0.325 e. The van der Waals surface area contributed by atoms with Gasteiger partial charge in [-0.3, -0.25) is 9.59 Å². The van der Waals surface area contributed by atoms with E-state index >= 15 is 0 Å². The molecule has 2 amide bonds. The van der Waals surface area contributed by atoms with Gasteiger partial charge in [-0.2, -0.15) is 0 Å². The van der Waals surface area contributed by atoms with E-state index in [4.69, 9.17) is 9.84 Å². The van der Waals surface area contributed by atoms with Gasteiger partial charge < -0.3 is 20.1 Å². The summed E-state index contributed by atoms with van der Waals surface area (Å²) in [5.74, 6) is -1.35. The standard InChI is InChI=1S/C14H22N2O5/c1-2-21-12(19)9-16(10-4-5-10)13(20)15-14(6-3-7-14)8-11(17)18/h10H,2-9H2,1H3,(H,15,20)(H,17,18). The lowest BCUT2D eigenvalue weighted by Crippen LogP contribution is -2.59. The average Bonchev–Trinajstić information content (AvgIpc) is 3.17. The summed E-state index contributed by atoms with van der Waals surface area (Å²) in [5.41, 5.74) is -0.648. The van der Waals surface area contributed by atoms with Crippen molar-refractivity contribution in [2.75, 3.05) is 13.2 Å². The fourth-order valence-electron chi connectivity index (χ4n) is 2.64. The van der Waals surface area contributed by atoms with Gasteiger partial charge in [0, 0.05) is 6.04 Å². The van der Waals surface area contributed by atoms with Crippen molar-refractivity contribution in [3.8, 4) is 0 Å². The van der Waals surface area contributed by atoms with Gasteiger partial charge in [0.15, 0.2) is 0 Å². The van der Waals surface area contributed by atoms with E-state index in [2.05, 4.69) is 5.32 Å². The van der Waals surface area contributed by atoms with E-state index in [1.165, 1.54) is 4.90 Å². The number of nitrogens with zero attached hydrogens (tertiary/aromatic N) is 1. The Morgan fingerprint density at radius 1 is 1.33 bits per heavy atom. The molecule has 2 fully saturated rings. The molecule has 0 bridgehead atoms. The Morgan fingerprint density at radius 2 is 2.00 bits per heavy atom. The van der Waals surface area contributed by atoms with Crippen LogP contribution in [0.2, 0.25) is 0 Å². The highest BCUT2D eigenvalue weighted by molar-refractivity contribution is 5.82. The summed E-state index contributed by atoms with van der Waals surface area (Å²) in [7, 11) is 0. The molecule has 2 N–H and O–H groups in total. The number of esters is 1. The monoisotopic (exact) mass is 298 g/mol. The molecule has 0 aromatic heterocycles. The van der Waals surface area contributed by atoms with Crippen LogP contribution in [-0.4, -0.2) is 52.7 Å². The van der Waals surface area contributed by atoms with Crippen LogP contribution in [0.25, 0.3) is 0 Å². The number of rotatable bonds is 7. The van der Waals surface area contributed by atoms with E-state index in [1.54, 1.807) is 6.92 Å². The van der Waals surface area contributed by atoms with Crippen molar-refractivity contribution >= 4 is 18.0 Å². The lowest BCUT2D eigenvalue weighted by molar-refractivity contribution is -0.144. The van der Waals surface area contributed by atoms with Gasteiger partial charge in [0.2, 0.25) is 0 Å². The molecular weight excluding hydrogens is 276 g/mol. The summed E-state index contributed by atoms with van der Waals surface area (Å²) in [6.07, 6.45) is 3.93. The molecule has 0 radical (unpaired) electrons. The first-order chi connectivity index (χ1) is 9.96. The van der Waals surface area contributed by atoms with Crippen LogP contribution >= 0.6 is 0 Å². The van der Waals surface area contributed by atoms with Crippen molar-refractivity contribution in [1.82, 2.24) is 10.2 Å². The van der Waals surface area contributed by atoms with Crippen LogP contribution in [0.3, 0.4) is 0 Å². The predicted octanol–water partition coefficient (Wildman–Crippen LogP) is 1.12. The van der Waals surface area contributed by atoms with Gasteiger partial charge in [-0.25, -0.2) is 4.79 Å². The van der Waals surface area contributed by atoms with Gasteiger partial charge in [0.25, 0.3) is 0 Å². The number of ether oxygens (including phenoxy) is 1. The lowest BCUT2D eigenvalue weighted by atomic mass is 9.74. The van der Waals surface area contributed by atoms with E-state index in [0.29, 0.717) is 12.8 Å². The van der Waals surface area contributed by atoms with Gasteiger partial charge >= 0.3 is 18.0 Å². The maximum atomic E-state index is 12.4. The number of amides is 2. The lowest BCUT2D eigenvalue weighted by Gasteiger charge is -2.42. The van der Waals surface area contributed by atoms with Crippen LogP contribution in [0.1, 0.15) is 45.4 Å². The Hall–Kier alpha value is -1.79. The van der Waals surface area contributed by atoms with Gasteiger partial charge in [0.05, 0.1) is 18.6 Å². The van der Waals surface area contributed by atoms with E-state index in [-0.39, 0.29) is 31.6 Å². The van der Waals surface area contributed by atoms with Crippen LogP contribution in [0.5, 0.6) is 0 Å². The minimum absolute atomic E-state index is 0.0661. The zero-order chi connectivity index (χ0) is 15.5. The van der Waals surface area contributed by atoms with E-state index in [0.717, 1.165) is 19.3 Å². The number of hydrogen-bond donors (Lipinski definition) is 2. The number of carboxylic acid groups (broad SMARTS) is 1. The zero-order valence-corrected chi connectivity index (χ0v) is 12.3. The van der Waals surface area contributed by atoms with Crippen molar-refractivity contribution in [3.63, 3.8) is 0 Å². The molecule has 0 saturated heterocycles. The molecule has 0 aromatic carbocycles. The Bertz CT molecular complexity index is 429. The Kier molecular flexibility index (Phi) is 4.69. The largest absolute Gasteiger partial charge is 0.481 e. The van der Waals surface area contributed by atoms with Crippen molar-refractivity contribution < 1.29 is 24.2 Å². The van der Waals surface area contributed by atoms with Gasteiger partial charge in [-0.05, 0) is 39.0 Å². The molecule has 0 aromatic rings. The molecule has 0 heterocycles. The second kappa shape index (κ2) is 6.32. The second-order valence-corrected chi connectivity index (χ2v) is 5.80.